The molecule has 1 aromatic heterocycles. The Morgan fingerprint density at radius 2 is 2.11 bits per heavy atom. The number of aliphatic hydroxyl groups is 1. The van der Waals surface area contributed by atoms with Crippen LogP contribution in [-0.2, 0) is 0 Å². The molecule has 1 heterocycles. The first-order chi connectivity index (χ1) is 8.62. The molecule has 1 N–H and O–H groups in total. The quantitative estimate of drug-likeness (QED) is 0.393. The second-order valence-corrected chi connectivity index (χ2v) is 7.03. The predicted octanol–water partition coefficient (Wildman–Crippen LogP) is 4.96. The first kappa shape index (κ1) is 16.0. The fraction of sp³-hybridized carbons (Fsp3) is 0.714. The molecule has 0 aliphatic heterocycles. The van der Waals surface area contributed by atoms with Crippen molar-refractivity contribution in [3.8, 4) is 5.75 Å². The van der Waals surface area contributed by atoms with Crippen molar-refractivity contribution in [3.05, 3.63) is 16.8 Å². The number of ether oxygens (including phenoxy) is 1. The molecule has 2 unspecified atom stereocenters. The highest BCUT2D eigenvalue weighted by molar-refractivity contribution is 9.10. The largest absolute Gasteiger partial charge is 0.463 e. The second-order valence-electron chi connectivity index (χ2n) is 4.67. The molecule has 0 spiro atoms. The van der Waals surface area contributed by atoms with Gasteiger partial charge in [-0.05, 0) is 24.3 Å². The lowest BCUT2D eigenvalue weighted by atomic mass is 9.95. The molecule has 2 atom stereocenters. The molecule has 0 aromatic carbocycles. The van der Waals surface area contributed by atoms with Crippen LogP contribution in [0.5, 0.6) is 5.75 Å². The van der Waals surface area contributed by atoms with E-state index in [0.29, 0.717) is 0 Å². The van der Waals surface area contributed by atoms with Crippen LogP contribution >= 0.6 is 27.3 Å². The summed E-state index contributed by atoms with van der Waals surface area (Å²) >= 11 is 5.29. The van der Waals surface area contributed by atoms with Gasteiger partial charge in [-0.2, -0.15) is 0 Å². The molecule has 4 heteroatoms. The Labute approximate surface area is 122 Å². The monoisotopic (exact) mass is 334 g/mol. The van der Waals surface area contributed by atoms with Gasteiger partial charge in [0.2, 0.25) is 6.29 Å². The molecule has 0 aliphatic rings. The van der Waals surface area contributed by atoms with Gasteiger partial charge in [0.1, 0.15) is 5.75 Å². The summed E-state index contributed by atoms with van der Waals surface area (Å²) in [7, 11) is 0. The molecular formula is C14H23BrO2S. The molecule has 104 valence electrons. The normalized spacial score (nSPS) is 16.2. The number of rotatable bonds is 9. The van der Waals surface area contributed by atoms with Gasteiger partial charge < -0.3 is 9.84 Å². The average Bonchev–Trinajstić information content (AvgIpc) is 2.82. The van der Waals surface area contributed by atoms with Gasteiger partial charge >= 0.3 is 0 Å². The van der Waals surface area contributed by atoms with Gasteiger partial charge in [0.05, 0.1) is 4.32 Å². The lowest BCUT2D eigenvalue weighted by molar-refractivity contribution is -0.0504. The summed E-state index contributed by atoms with van der Waals surface area (Å²) in [6.45, 7) is 4.32. The summed E-state index contributed by atoms with van der Waals surface area (Å²) < 4.78 is 5.30. The van der Waals surface area contributed by atoms with Crippen molar-refractivity contribution in [1.29, 1.82) is 0 Å². The second kappa shape index (κ2) is 8.18. The third kappa shape index (κ3) is 4.90. The van der Waals surface area contributed by atoms with Crippen molar-refractivity contribution in [2.24, 2.45) is 0 Å². The zero-order chi connectivity index (χ0) is 13.4. The van der Waals surface area contributed by atoms with Crippen molar-refractivity contribution in [2.75, 3.05) is 0 Å². The van der Waals surface area contributed by atoms with E-state index in [4.69, 9.17) is 4.74 Å². The summed E-state index contributed by atoms with van der Waals surface area (Å²) in [6.07, 6.45) is 5.61. The summed E-state index contributed by atoms with van der Waals surface area (Å²) in [6, 6.07) is 1.89. The highest BCUT2D eigenvalue weighted by Gasteiger charge is 2.35. The minimum atomic E-state index is -0.788. The Balaban J connectivity index is 2.57. The predicted molar refractivity (Wildman–Crippen MR) is 81.7 cm³/mol. The summed E-state index contributed by atoms with van der Waals surface area (Å²) in [5.41, 5.74) is 0. The van der Waals surface area contributed by atoms with Gasteiger partial charge in [-0.15, -0.1) is 11.3 Å². The molecule has 0 saturated carbocycles. The van der Waals surface area contributed by atoms with Crippen molar-refractivity contribution in [3.63, 3.8) is 0 Å². The number of unbranched alkanes of at least 4 members (excludes halogenated alkanes) is 2. The maximum absolute atomic E-state index is 10.3. The number of halogens is 1. The molecule has 0 fully saturated rings. The van der Waals surface area contributed by atoms with Gasteiger partial charge in [0.25, 0.3) is 0 Å². The van der Waals surface area contributed by atoms with E-state index in [1.54, 1.807) is 11.3 Å². The van der Waals surface area contributed by atoms with E-state index in [0.717, 1.165) is 31.4 Å². The van der Waals surface area contributed by atoms with Crippen LogP contribution in [0.15, 0.2) is 16.8 Å². The average molecular weight is 335 g/mol. The first-order valence-electron chi connectivity index (χ1n) is 6.68. The van der Waals surface area contributed by atoms with Crippen molar-refractivity contribution in [2.45, 2.75) is 63.0 Å². The van der Waals surface area contributed by atoms with Gasteiger partial charge in [-0.25, -0.2) is 0 Å². The van der Waals surface area contributed by atoms with Crippen molar-refractivity contribution < 1.29 is 9.84 Å². The van der Waals surface area contributed by atoms with Crippen LogP contribution in [0.25, 0.3) is 0 Å². The number of aliphatic hydroxyl groups excluding tert-OH is 1. The van der Waals surface area contributed by atoms with Crippen LogP contribution in [-0.4, -0.2) is 15.7 Å². The number of thiophene rings is 1. The van der Waals surface area contributed by atoms with Crippen LogP contribution < -0.4 is 4.74 Å². The lowest BCUT2D eigenvalue weighted by Crippen LogP contribution is -2.40. The minimum Gasteiger partial charge on any atom is -0.463 e. The Kier molecular flexibility index (Phi) is 7.27. The van der Waals surface area contributed by atoms with E-state index in [2.05, 4.69) is 29.8 Å². The fourth-order valence-electron chi connectivity index (χ4n) is 2.01. The summed E-state index contributed by atoms with van der Waals surface area (Å²) in [4.78, 5) is 0. The smallest absolute Gasteiger partial charge is 0.212 e. The van der Waals surface area contributed by atoms with E-state index in [1.807, 2.05) is 16.8 Å². The van der Waals surface area contributed by atoms with Crippen molar-refractivity contribution >= 4 is 27.3 Å². The molecule has 0 radical (unpaired) electrons. The van der Waals surface area contributed by atoms with Crippen LogP contribution in [0.2, 0.25) is 0 Å². The van der Waals surface area contributed by atoms with E-state index in [9.17, 15) is 5.11 Å². The van der Waals surface area contributed by atoms with E-state index < -0.39 is 6.29 Å². The lowest BCUT2D eigenvalue weighted by Gasteiger charge is -2.32. The van der Waals surface area contributed by atoms with Gasteiger partial charge in [-0.3, -0.25) is 0 Å². The topological polar surface area (TPSA) is 29.5 Å². The molecule has 2 nitrogen and oxygen atoms in total. The van der Waals surface area contributed by atoms with Crippen molar-refractivity contribution in [1.82, 2.24) is 0 Å². The third-order valence-electron chi connectivity index (χ3n) is 3.05. The molecule has 0 aliphatic carbocycles. The Bertz CT molecular complexity index is 316. The number of hydrogen-bond donors (Lipinski definition) is 1. The first-order valence-corrected chi connectivity index (χ1v) is 8.41. The zero-order valence-corrected chi connectivity index (χ0v) is 13.6. The standard InChI is InChI=1S/C14H23BrO2S/c1-3-5-6-9-14(15,8-4-2)13(16)17-12-7-10-18-11-12/h7,10-11,13,16H,3-6,8-9H2,1-2H3. The molecule has 0 bridgehead atoms. The summed E-state index contributed by atoms with van der Waals surface area (Å²) in [5.74, 6) is 0.753. The van der Waals surface area contributed by atoms with Crippen LogP contribution in [0, 0.1) is 0 Å². The SMILES string of the molecule is CCCCCC(Br)(CCC)C(O)Oc1ccsc1. The molecule has 0 amide bonds. The Morgan fingerprint density at radius 1 is 1.33 bits per heavy atom. The Hall–Kier alpha value is -0.0600. The zero-order valence-electron chi connectivity index (χ0n) is 11.2. The van der Waals surface area contributed by atoms with E-state index >= 15 is 0 Å². The van der Waals surface area contributed by atoms with Gasteiger partial charge in [0.15, 0.2) is 0 Å². The maximum atomic E-state index is 10.3. The van der Waals surface area contributed by atoms with E-state index in [1.165, 1.54) is 12.8 Å². The number of alkyl halides is 1. The molecule has 0 saturated heterocycles. The van der Waals surface area contributed by atoms with Crippen LogP contribution in [0.4, 0.5) is 0 Å². The maximum Gasteiger partial charge on any atom is 0.212 e. The Morgan fingerprint density at radius 3 is 2.67 bits per heavy atom. The van der Waals surface area contributed by atoms with E-state index in [-0.39, 0.29) is 4.32 Å². The van der Waals surface area contributed by atoms with Gasteiger partial charge in [-0.1, -0.05) is 55.5 Å². The molecular weight excluding hydrogens is 312 g/mol. The molecule has 18 heavy (non-hydrogen) atoms. The molecule has 1 rings (SSSR count). The third-order valence-corrected chi connectivity index (χ3v) is 4.89. The minimum absolute atomic E-state index is 0.321. The van der Waals surface area contributed by atoms with Gasteiger partial charge in [0, 0.05) is 5.38 Å². The molecule has 1 aromatic rings. The van der Waals surface area contributed by atoms with Crippen LogP contribution in [0.1, 0.15) is 52.4 Å². The van der Waals surface area contributed by atoms with Crippen LogP contribution in [0.3, 0.4) is 0 Å². The fourth-order valence-corrected chi connectivity index (χ4v) is 3.34. The summed E-state index contributed by atoms with van der Waals surface area (Å²) in [5, 5.41) is 14.2. The number of hydrogen-bond acceptors (Lipinski definition) is 3. The highest BCUT2D eigenvalue weighted by atomic mass is 79.9. The highest BCUT2D eigenvalue weighted by Crippen LogP contribution is 2.35.